The Morgan fingerprint density at radius 1 is 0.780 bits per heavy atom. The smallest absolute Gasteiger partial charge is 0.326 e. The second-order valence-corrected chi connectivity index (χ2v) is 25.8. The van der Waals surface area contributed by atoms with Crippen LogP contribution in [0.5, 0.6) is 0 Å². The van der Waals surface area contributed by atoms with Crippen LogP contribution in [-0.2, 0) is 64.1 Å². The number of aliphatic hydroxyl groups excluding tert-OH is 1. The van der Waals surface area contributed by atoms with Crippen molar-refractivity contribution in [2.45, 2.75) is 185 Å². The predicted molar refractivity (Wildman–Crippen MR) is 333 cm³/mol. The van der Waals surface area contributed by atoms with Crippen LogP contribution in [0, 0.1) is 17.0 Å². The zero-order chi connectivity index (χ0) is 68.1. The quantitative estimate of drug-likeness (QED) is 0.0292. The number of carbonyl (C=O) groups excluding carboxylic acids is 10. The van der Waals surface area contributed by atoms with Crippen LogP contribution >= 0.6 is 11.8 Å². The van der Waals surface area contributed by atoms with E-state index in [9.17, 15) is 72.1 Å². The molecule has 0 spiro atoms. The lowest BCUT2D eigenvalue weighted by Gasteiger charge is -2.41. The summed E-state index contributed by atoms with van der Waals surface area (Å²) < 4.78 is 31.8. The Morgan fingerprint density at radius 3 is 2.03 bits per heavy atom. The molecule has 28 heteroatoms. The summed E-state index contributed by atoms with van der Waals surface area (Å²) in [5, 5.41) is 40.9. The molecular formula is C63H88F2N10O15S. The Balaban J connectivity index is 1.56. The third-order valence-electron chi connectivity index (χ3n) is 16.0. The van der Waals surface area contributed by atoms with Gasteiger partial charge in [-0.15, -0.1) is 11.8 Å². The van der Waals surface area contributed by atoms with E-state index in [4.69, 9.17) is 10.8 Å². The number of unbranched alkanes of at least 4 members (excludes halogenated alkanes) is 2. The molecule has 91 heavy (non-hydrogen) atoms. The van der Waals surface area contributed by atoms with E-state index in [1.54, 1.807) is 55.8 Å². The number of aliphatic carboxylic acids is 2. The molecule has 10 N–H and O–H groups in total. The van der Waals surface area contributed by atoms with Crippen LogP contribution < -0.4 is 32.3 Å². The van der Waals surface area contributed by atoms with Crippen LogP contribution in [0.3, 0.4) is 0 Å². The standard InChI is InChI=1S/C63H88F2N10O15S/c1-10-63(8,11-2)91-48-33-52(80)75(60(48)88)28-17-13-16-20-50(78)68-37(3)59(87)72(9)38(4)56(84)71-46(32-49(66)77)58(86)70-44(57(85)67-27-25-51(79)69-45(61(89)90)23-24-54(82)83)26-29-74(53(81)36-76)55(62(5,6)7)47-30-40(42-31-41(64)21-22-43(42)65)35-73(47)34-39-18-14-12-15-19-39/h12,14-15,18-19,21-22,30-31,35,37-38,44-46,48,55,76H,10-11,13,16-17,20,23-29,32-34,36H2,1-9H3,(H2,66,77)(H,67,85)(H,68,78)(H,69,79)(H,70,86)(H,71,84)(H,82,83)(H,89,90)/t37-,38-,44-,45+,46-,48?,55-/m0/s1. The molecule has 0 radical (unpaired) electrons. The number of nitrogens with two attached hydrogens (primary N) is 1. The van der Waals surface area contributed by atoms with Gasteiger partial charge < -0.3 is 62.0 Å². The summed E-state index contributed by atoms with van der Waals surface area (Å²) in [7, 11) is 1.26. The molecule has 7 atom stereocenters. The number of carboxylic acid groups (broad SMARTS) is 2. The highest BCUT2D eigenvalue weighted by molar-refractivity contribution is 8.02. The number of hydrogen-bond acceptors (Lipinski definition) is 14. The lowest BCUT2D eigenvalue weighted by atomic mass is 9.82. The molecule has 1 saturated heterocycles. The van der Waals surface area contributed by atoms with Crippen molar-refractivity contribution >= 4 is 82.8 Å². The molecule has 2 heterocycles. The van der Waals surface area contributed by atoms with Crippen LogP contribution in [0.15, 0.2) is 60.8 Å². The highest BCUT2D eigenvalue weighted by Gasteiger charge is 2.43. The highest BCUT2D eigenvalue weighted by Crippen LogP contribution is 2.42. The molecular weight excluding hydrogens is 1210 g/mol. The average molecular weight is 1300 g/mol. The minimum absolute atomic E-state index is 0.00177. The maximum absolute atomic E-state index is 15.5. The number of imide groups is 1. The number of nitrogens with zero attached hydrogens (tertiary/aromatic N) is 4. The maximum atomic E-state index is 15.5. The number of likely N-dealkylation sites (N-methyl/N-ethyl adjacent to an activating group) is 1. The molecule has 500 valence electrons. The van der Waals surface area contributed by atoms with Gasteiger partial charge in [0.05, 0.1) is 17.7 Å². The van der Waals surface area contributed by atoms with Gasteiger partial charge in [0.2, 0.25) is 59.1 Å². The summed E-state index contributed by atoms with van der Waals surface area (Å²) in [4.78, 5) is 161. The van der Waals surface area contributed by atoms with Crippen LogP contribution in [0.25, 0.3) is 11.1 Å². The minimum Gasteiger partial charge on any atom is -0.481 e. The monoisotopic (exact) mass is 1290 g/mol. The van der Waals surface area contributed by atoms with Crippen molar-refractivity contribution in [2.24, 2.45) is 11.1 Å². The van der Waals surface area contributed by atoms with Gasteiger partial charge in [-0.1, -0.05) is 78.3 Å². The number of primary amides is 1. The van der Waals surface area contributed by atoms with Crippen LogP contribution in [0.1, 0.15) is 150 Å². The van der Waals surface area contributed by atoms with Crippen LogP contribution in [-0.4, -0.2) is 179 Å². The molecule has 3 aromatic rings. The van der Waals surface area contributed by atoms with E-state index in [0.717, 1.165) is 41.5 Å². The molecule has 10 amide bonds. The van der Waals surface area contributed by atoms with Gasteiger partial charge in [0.25, 0.3) is 0 Å². The first-order valence-corrected chi connectivity index (χ1v) is 31.2. The number of carboxylic acids is 2. The van der Waals surface area contributed by atoms with Crippen LogP contribution in [0.4, 0.5) is 8.78 Å². The zero-order valence-electron chi connectivity index (χ0n) is 53.1. The molecule has 1 aliphatic heterocycles. The molecule has 2 aromatic carbocycles. The molecule has 0 bridgehead atoms. The van der Waals surface area contributed by atoms with Gasteiger partial charge in [0.15, 0.2) is 0 Å². The predicted octanol–water partition coefficient (Wildman–Crippen LogP) is 3.92. The summed E-state index contributed by atoms with van der Waals surface area (Å²) in [6, 6.07) is 4.85. The summed E-state index contributed by atoms with van der Waals surface area (Å²) in [5.74, 6) is -12.0. The summed E-state index contributed by atoms with van der Waals surface area (Å²) >= 11 is 1.53. The Hall–Kier alpha value is -8.27. The van der Waals surface area contributed by atoms with Gasteiger partial charge in [-0.2, -0.15) is 0 Å². The number of aliphatic hydroxyl groups is 1. The molecule has 1 unspecified atom stereocenters. The van der Waals surface area contributed by atoms with E-state index in [1.165, 1.54) is 42.5 Å². The van der Waals surface area contributed by atoms with Gasteiger partial charge in [0.1, 0.15) is 48.5 Å². The fourth-order valence-corrected chi connectivity index (χ4v) is 11.8. The number of benzene rings is 2. The fourth-order valence-electron chi connectivity index (χ4n) is 10.3. The number of nitrogens with one attached hydrogen (secondary N) is 5. The van der Waals surface area contributed by atoms with E-state index in [0.29, 0.717) is 25.0 Å². The normalized spacial score (nSPS) is 15.3. The van der Waals surface area contributed by atoms with Gasteiger partial charge in [-0.3, -0.25) is 57.6 Å². The number of thioether (sulfide) groups is 1. The second kappa shape index (κ2) is 34.8. The highest BCUT2D eigenvalue weighted by atomic mass is 32.2. The Morgan fingerprint density at radius 2 is 1.43 bits per heavy atom. The molecule has 1 aromatic heterocycles. The minimum atomic E-state index is -1.83. The van der Waals surface area contributed by atoms with Gasteiger partial charge >= 0.3 is 11.9 Å². The first-order chi connectivity index (χ1) is 42.7. The van der Waals surface area contributed by atoms with Gasteiger partial charge in [-0.05, 0) is 87.6 Å². The fraction of sp³-hybridized carbons (Fsp3) is 0.556. The number of carbonyl (C=O) groups is 12. The maximum Gasteiger partial charge on any atom is 0.326 e. The lowest BCUT2D eigenvalue weighted by Crippen LogP contribution is -2.58. The van der Waals surface area contributed by atoms with Crippen molar-refractivity contribution in [3.8, 4) is 11.1 Å². The first-order valence-electron chi connectivity index (χ1n) is 30.3. The van der Waals surface area contributed by atoms with E-state index >= 15 is 4.39 Å². The average Bonchev–Trinajstić information content (AvgIpc) is 1.72. The number of likely N-dealkylation sites (tertiary alicyclic amines) is 1. The number of halogens is 2. The second-order valence-electron chi connectivity index (χ2n) is 24.0. The molecule has 0 saturated carbocycles. The molecule has 25 nitrogen and oxygen atoms in total. The molecule has 4 rings (SSSR count). The molecule has 0 aliphatic carbocycles. The van der Waals surface area contributed by atoms with Crippen molar-refractivity contribution in [3.63, 3.8) is 0 Å². The molecule has 1 aliphatic rings. The van der Waals surface area contributed by atoms with Crippen LogP contribution in [0.2, 0.25) is 0 Å². The van der Waals surface area contributed by atoms with Crippen molar-refractivity contribution in [1.82, 2.24) is 45.9 Å². The van der Waals surface area contributed by atoms with E-state index in [-0.39, 0.29) is 53.6 Å². The molecule has 1 fully saturated rings. The number of aromatic nitrogens is 1. The van der Waals surface area contributed by atoms with Crippen molar-refractivity contribution in [1.29, 1.82) is 0 Å². The SMILES string of the molecule is CCC(C)(CC)SC1CC(=O)N(CCCCCC(=O)N[C@@H](C)C(=O)N(C)[C@@H](C)C(=O)N[C@@H](CC(N)=O)C(=O)N[C@@H](CCN(C(=O)CO)[C@@H](c2cc(-c3cc(F)ccc3F)cn2Cc2ccccc2)C(C)(C)C)C(=O)NCCC(=O)N[C@H](CCC(=O)O)C(=O)O)C1=O. The summed E-state index contributed by atoms with van der Waals surface area (Å²) in [6.07, 6.45) is 1.81. The van der Waals surface area contributed by atoms with Gasteiger partial charge in [-0.25, -0.2) is 13.6 Å². The Labute approximate surface area is 532 Å². The number of amides is 10. The summed E-state index contributed by atoms with van der Waals surface area (Å²) in [5.41, 5.74) is 5.90. The number of hydrogen-bond donors (Lipinski definition) is 9. The number of rotatable bonds is 37. The largest absolute Gasteiger partial charge is 0.481 e. The third kappa shape index (κ3) is 22.6. The van der Waals surface area contributed by atoms with E-state index in [2.05, 4.69) is 33.5 Å². The van der Waals surface area contributed by atoms with E-state index in [1.807, 2.05) is 26.0 Å². The third-order valence-corrected chi connectivity index (χ3v) is 17.8. The zero-order valence-corrected chi connectivity index (χ0v) is 53.9. The summed E-state index contributed by atoms with van der Waals surface area (Å²) in [6.45, 7) is 12.5. The topological polar surface area (TPSA) is 366 Å². The van der Waals surface area contributed by atoms with Crippen molar-refractivity contribution in [3.05, 3.63) is 83.7 Å². The first kappa shape index (κ1) is 75.2. The lowest BCUT2D eigenvalue weighted by molar-refractivity contribution is -0.143. The van der Waals surface area contributed by atoms with Crippen molar-refractivity contribution < 1.29 is 81.6 Å². The van der Waals surface area contributed by atoms with Gasteiger partial charge in [0, 0.05) is 86.7 Å². The van der Waals surface area contributed by atoms with E-state index < -0.39 is 170 Å². The Bertz CT molecular complexity index is 3100. The Kier molecular flexibility index (Phi) is 28.7. The van der Waals surface area contributed by atoms with Crippen molar-refractivity contribution in [2.75, 3.05) is 33.3 Å².